The van der Waals surface area contributed by atoms with Crippen LogP contribution in [0.3, 0.4) is 0 Å². The standard InChI is InChI=1S/C22H24O/c1-22(2,3)19-12-8-16(9-13-19)14-18-11-10-17-6-4-5-7-20(17)21(18)15-23/h4-9,12-15,21H,10-11H2,1-3H3. The summed E-state index contributed by atoms with van der Waals surface area (Å²) < 4.78 is 0. The highest BCUT2D eigenvalue weighted by atomic mass is 16.1. The fourth-order valence-electron chi connectivity index (χ4n) is 3.32. The highest BCUT2D eigenvalue weighted by Crippen LogP contribution is 2.35. The van der Waals surface area contributed by atoms with Crippen molar-refractivity contribution in [3.8, 4) is 0 Å². The molecule has 1 heteroatoms. The summed E-state index contributed by atoms with van der Waals surface area (Å²) in [6.45, 7) is 6.67. The van der Waals surface area contributed by atoms with E-state index in [9.17, 15) is 4.79 Å². The molecule has 0 saturated heterocycles. The molecule has 2 aromatic carbocycles. The van der Waals surface area contributed by atoms with Crippen LogP contribution in [0.25, 0.3) is 6.08 Å². The van der Waals surface area contributed by atoms with Gasteiger partial charge in [-0.1, -0.05) is 81.0 Å². The molecular weight excluding hydrogens is 280 g/mol. The van der Waals surface area contributed by atoms with Crippen LogP contribution in [-0.2, 0) is 16.6 Å². The Kier molecular flexibility index (Phi) is 4.21. The smallest absolute Gasteiger partial charge is 0.131 e. The molecule has 118 valence electrons. The number of fused-ring (bicyclic) bond motifs is 1. The quantitative estimate of drug-likeness (QED) is 0.688. The van der Waals surface area contributed by atoms with Crippen LogP contribution in [0.4, 0.5) is 0 Å². The van der Waals surface area contributed by atoms with E-state index in [0.717, 1.165) is 19.1 Å². The molecule has 0 saturated carbocycles. The molecule has 0 aliphatic heterocycles. The third-order valence-corrected chi connectivity index (χ3v) is 4.74. The van der Waals surface area contributed by atoms with E-state index in [-0.39, 0.29) is 11.3 Å². The van der Waals surface area contributed by atoms with Gasteiger partial charge in [0.25, 0.3) is 0 Å². The Balaban J connectivity index is 1.92. The highest BCUT2D eigenvalue weighted by molar-refractivity contribution is 5.74. The van der Waals surface area contributed by atoms with Gasteiger partial charge in [-0.3, -0.25) is 0 Å². The van der Waals surface area contributed by atoms with Gasteiger partial charge in [-0.15, -0.1) is 0 Å². The van der Waals surface area contributed by atoms with Crippen LogP contribution >= 0.6 is 0 Å². The van der Waals surface area contributed by atoms with E-state index in [2.05, 4.69) is 69.3 Å². The molecule has 0 heterocycles. The van der Waals surface area contributed by atoms with E-state index in [1.807, 2.05) is 6.07 Å². The van der Waals surface area contributed by atoms with Crippen LogP contribution in [0.1, 0.15) is 55.4 Å². The first kappa shape index (κ1) is 15.7. The van der Waals surface area contributed by atoms with Crippen molar-refractivity contribution in [1.29, 1.82) is 0 Å². The van der Waals surface area contributed by atoms with Gasteiger partial charge >= 0.3 is 0 Å². The zero-order valence-corrected chi connectivity index (χ0v) is 14.2. The minimum atomic E-state index is -0.0951. The normalized spacial score (nSPS) is 19.4. The van der Waals surface area contributed by atoms with Crippen LogP contribution in [-0.4, -0.2) is 6.29 Å². The summed E-state index contributed by atoms with van der Waals surface area (Å²) in [5.41, 5.74) is 6.39. The van der Waals surface area contributed by atoms with E-state index < -0.39 is 0 Å². The third-order valence-electron chi connectivity index (χ3n) is 4.74. The van der Waals surface area contributed by atoms with Gasteiger partial charge in [0.1, 0.15) is 6.29 Å². The molecule has 3 rings (SSSR count). The number of aryl methyl sites for hydroxylation is 1. The molecule has 1 aliphatic rings. The predicted molar refractivity (Wildman–Crippen MR) is 96.7 cm³/mol. The zero-order valence-electron chi connectivity index (χ0n) is 14.2. The summed E-state index contributed by atoms with van der Waals surface area (Å²) in [4.78, 5) is 11.7. The Morgan fingerprint density at radius 1 is 0.957 bits per heavy atom. The van der Waals surface area contributed by atoms with Crippen molar-refractivity contribution in [3.63, 3.8) is 0 Å². The van der Waals surface area contributed by atoms with Gasteiger partial charge in [-0.25, -0.2) is 0 Å². The van der Waals surface area contributed by atoms with Crippen molar-refractivity contribution in [2.75, 3.05) is 0 Å². The lowest BCUT2D eigenvalue weighted by molar-refractivity contribution is -0.108. The monoisotopic (exact) mass is 304 g/mol. The lowest BCUT2D eigenvalue weighted by atomic mass is 9.79. The molecule has 0 amide bonds. The molecule has 1 unspecified atom stereocenters. The Morgan fingerprint density at radius 2 is 1.65 bits per heavy atom. The molecule has 1 aliphatic carbocycles. The Hall–Kier alpha value is -2.15. The summed E-state index contributed by atoms with van der Waals surface area (Å²) in [7, 11) is 0. The molecule has 0 radical (unpaired) electrons. The molecular formula is C22H24O. The summed E-state index contributed by atoms with van der Waals surface area (Å²) in [6, 6.07) is 17.0. The summed E-state index contributed by atoms with van der Waals surface area (Å²) in [5.74, 6) is -0.0951. The molecule has 0 spiro atoms. The number of carbonyl (C=O) groups is 1. The molecule has 1 nitrogen and oxygen atoms in total. The lowest BCUT2D eigenvalue weighted by Crippen LogP contribution is -2.14. The lowest BCUT2D eigenvalue weighted by Gasteiger charge is -2.24. The second-order valence-electron chi connectivity index (χ2n) is 7.40. The number of carbonyl (C=O) groups excluding carboxylic acids is 1. The van der Waals surface area contributed by atoms with Crippen LogP contribution in [0.5, 0.6) is 0 Å². The maximum atomic E-state index is 11.7. The minimum absolute atomic E-state index is 0.0951. The van der Waals surface area contributed by atoms with E-state index in [0.29, 0.717) is 0 Å². The second kappa shape index (κ2) is 6.16. The highest BCUT2D eigenvalue weighted by Gasteiger charge is 2.23. The van der Waals surface area contributed by atoms with E-state index >= 15 is 0 Å². The van der Waals surface area contributed by atoms with Gasteiger partial charge in [0, 0.05) is 0 Å². The first-order valence-electron chi connectivity index (χ1n) is 8.33. The summed E-state index contributed by atoms with van der Waals surface area (Å²) in [5, 5.41) is 0. The number of allylic oxidation sites excluding steroid dienone is 1. The van der Waals surface area contributed by atoms with Crippen LogP contribution < -0.4 is 0 Å². The van der Waals surface area contributed by atoms with Gasteiger partial charge in [-0.05, 0) is 40.5 Å². The zero-order chi connectivity index (χ0) is 16.4. The van der Waals surface area contributed by atoms with Crippen molar-refractivity contribution in [2.45, 2.75) is 44.9 Å². The fraction of sp³-hybridized carbons (Fsp3) is 0.318. The van der Waals surface area contributed by atoms with E-state index in [4.69, 9.17) is 0 Å². The molecule has 0 bridgehead atoms. The van der Waals surface area contributed by atoms with Crippen molar-refractivity contribution in [1.82, 2.24) is 0 Å². The Bertz CT molecular complexity index is 729. The minimum Gasteiger partial charge on any atom is -0.302 e. The Morgan fingerprint density at radius 3 is 2.30 bits per heavy atom. The fourth-order valence-corrected chi connectivity index (χ4v) is 3.32. The van der Waals surface area contributed by atoms with Gasteiger partial charge in [0.15, 0.2) is 0 Å². The molecule has 0 N–H and O–H groups in total. The van der Waals surface area contributed by atoms with Crippen molar-refractivity contribution in [3.05, 3.63) is 76.4 Å². The van der Waals surface area contributed by atoms with Gasteiger partial charge in [0.2, 0.25) is 0 Å². The average Bonchev–Trinajstić information content (AvgIpc) is 2.54. The first-order chi connectivity index (χ1) is 11.0. The number of hydrogen-bond donors (Lipinski definition) is 0. The first-order valence-corrected chi connectivity index (χ1v) is 8.33. The van der Waals surface area contributed by atoms with Crippen LogP contribution in [0.15, 0.2) is 54.1 Å². The van der Waals surface area contributed by atoms with Gasteiger partial charge in [-0.2, -0.15) is 0 Å². The summed E-state index contributed by atoms with van der Waals surface area (Å²) in [6.07, 6.45) is 5.27. The molecule has 1 atom stereocenters. The average molecular weight is 304 g/mol. The molecule has 0 aromatic heterocycles. The number of hydrogen-bond acceptors (Lipinski definition) is 1. The van der Waals surface area contributed by atoms with E-state index in [1.165, 1.54) is 27.8 Å². The van der Waals surface area contributed by atoms with Crippen LogP contribution in [0, 0.1) is 0 Å². The Labute approximate surface area is 139 Å². The van der Waals surface area contributed by atoms with Gasteiger partial charge < -0.3 is 4.79 Å². The maximum Gasteiger partial charge on any atom is 0.131 e. The van der Waals surface area contributed by atoms with Crippen LogP contribution in [0.2, 0.25) is 0 Å². The van der Waals surface area contributed by atoms with Crippen molar-refractivity contribution < 1.29 is 4.79 Å². The number of benzene rings is 2. The number of rotatable bonds is 2. The molecule has 2 aromatic rings. The predicted octanol–water partition coefficient (Wildman–Crippen LogP) is 5.30. The third kappa shape index (κ3) is 3.29. The summed E-state index contributed by atoms with van der Waals surface area (Å²) >= 11 is 0. The molecule has 0 fully saturated rings. The topological polar surface area (TPSA) is 17.1 Å². The maximum absolute atomic E-state index is 11.7. The van der Waals surface area contributed by atoms with Crippen molar-refractivity contribution >= 4 is 12.4 Å². The molecule has 23 heavy (non-hydrogen) atoms. The van der Waals surface area contributed by atoms with Gasteiger partial charge in [0.05, 0.1) is 5.92 Å². The largest absolute Gasteiger partial charge is 0.302 e. The van der Waals surface area contributed by atoms with E-state index in [1.54, 1.807) is 0 Å². The number of aldehydes is 1. The SMILES string of the molecule is CC(C)(C)c1ccc(C=C2CCc3ccccc3C2C=O)cc1. The second-order valence-corrected chi connectivity index (χ2v) is 7.40. The van der Waals surface area contributed by atoms with Crippen molar-refractivity contribution in [2.24, 2.45) is 0 Å².